The number of rotatable bonds is 10. The summed E-state index contributed by atoms with van der Waals surface area (Å²) in [5.41, 5.74) is 5.95. The summed E-state index contributed by atoms with van der Waals surface area (Å²) >= 11 is 0. The van der Waals surface area contributed by atoms with Gasteiger partial charge in [-0.15, -0.1) is 0 Å². The van der Waals surface area contributed by atoms with Crippen molar-refractivity contribution in [3.05, 3.63) is 0 Å². The van der Waals surface area contributed by atoms with E-state index in [1.165, 1.54) is 4.90 Å². The quantitative estimate of drug-likeness (QED) is 0.308. The number of carboxylic acids is 1. The highest BCUT2D eigenvalue weighted by molar-refractivity contribution is 5.94. The number of carboxylic acid groups (broad SMARTS) is 1. The third kappa shape index (κ3) is 6.40. The van der Waals surface area contributed by atoms with Gasteiger partial charge in [-0.3, -0.25) is 14.4 Å². The van der Waals surface area contributed by atoms with Crippen LogP contribution >= 0.6 is 0 Å². The van der Waals surface area contributed by atoms with Gasteiger partial charge in [0.05, 0.1) is 12.6 Å². The zero-order valence-electron chi connectivity index (χ0n) is 17.6. The lowest BCUT2D eigenvalue weighted by Gasteiger charge is -2.30. The van der Waals surface area contributed by atoms with Crippen LogP contribution in [-0.4, -0.2) is 76.1 Å². The minimum Gasteiger partial charge on any atom is -0.480 e. The molecule has 1 aliphatic heterocycles. The van der Waals surface area contributed by atoms with E-state index in [1.54, 1.807) is 6.92 Å². The second kappa shape index (κ2) is 11.1. The number of aliphatic hydroxyl groups excluding tert-OH is 1. The summed E-state index contributed by atoms with van der Waals surface area (Å²) in [7, 11) is 0. The van der Waals surface area contributed by atoms with E-state index < -0.39 is 48.6 Å². The zero-order valence-corrected chi connectivity index (χ0v) is 17.6. The maximum atomic E-state index is 12.9. The van der Waals surface area contributed by atoms with E-state index in [0.717, 1.165) is 0 Å². The van der Waals surface area contributed by atoms with Gasteiger partial charge in [-0.05, 0) is 24.7 Å². The number of nitrogens with two attached hydrogens (primary N) is 1. The van der Waals surface area contributed by atoms with E-state index >= 15 is 0 Å². The number of aliphatic hydroxyl groups is 1. The van der Waals surface area contributed by atoms with Gasteiger partial charge in [0.25, 0.3) is 0 Å². The van der Waals surface area contributed by atoms with Crippen molar-refractivity contribution >= 4 is 23.7 Å². The summed E-state index contributed by atoms with van der Waals surface area (Å²) in [6.45, 7) is 6.91. The monoisotopic (exact) mass is 414 g/mol. The van der Waals surface area contributed by atoms with Gasteiger partial charge in [0, 0.05) is 6.54 Å². The molecular formula is C19H34N4O6. The molecule has 1 fully saturated rings. The zero-order chi connectivity index (χ0) is 22.3. The first-order chi connectivity index (χ1) is 13.5. The predicted octanol–water partition coefficient (Wildman–Crippen LogP) is -0.947. The molecule has 0 saturated carbocycles. The maximum absolute atomic E-state index is 12.9. The fraction of sp³-hybridized carbons (Fsp3) is 0.789. The number of likely N-dealkylation sites (tertiary alicyclic amines) is 1. The van der Waals surface area contributed by atoms with E-state index in [9.17, 15) is 19.2 Å². The third-order valence-electron chi connectivity index (χ3n) is 5.43. The average Bonchev–Trinajstić information content (AvgIpc) is 3.17. The molecule has 1 heterocycles. The molecule has 5 atom stereocenters. The van der Waals surface area contributed by atoms with Crippen LogP contribution in [0.15, 0.2) is 0 Å². The molecule has 0 bridgehead atoms. The molecule has 3 amide bonds. The number of aliphatic carboxylic acids is 1. The van der Waals surface area contributed by atoms with Crippen molar-refractivity contribution in [1.29, 1.82) is 0 Å². The normalized spacial score (nSPS) is 20.7. The number of amides is 3. The van der Waals surface area contributed by atoms with Crippen LogP contribution in [0.5, 0.6) is 0 Å². The van der Waals surface area contributed by atoms with E-state index in [-0.39, 0.29) is 17.7 Å². The Morgan fingerprint density at radius 1 is 1.17 bits per heavy atom. The van der Waals surface area contributed by atoms with Gasteiger partial charge in [-0.2, -0.15) is 0 Å². The molecule has 0 aliphatic carbocycles. The first-order valence-corrected chi connectivity index (χ1v) is 10.1. The average molecular weight is 415 g/mol. The molecule has 6 N–H and O–H groups in total. The van der Waals surface area contributed by atoms with Crippen LogP contribution in [-0.2, 0) is 19.2 Å². The van der Waals surface area contributed by atoms with Crippen LogP contribution in [0.3, 0.4) is 0 Å². The molecule has 0 aromatic carbocycles. The summed E-state index contributed by atoms with van der Waals surface area (Å²) in [6.07, 6.45) is 1.67. The fourth-order valence-corrected chi connectivity index (χ4v) is 3.18. The minimum atomic E-state index is -1.46. The molecule has 1 rings (SSSR count). The molecule has 0 unspecified atom stereocenters. The van der Waals surface area contributed by atoms with Crippen molar-refractivity contribution in [2.45, 2.75) is 71.1 Å². The lowest BCUT2D eigenvalue weighted by Crippen LogP contribution is -2.58. The van der Waals surface area contributed by atoms with E-state index in [1.807, 2.05) is 20.8 Å². The summed E-state index contributed by atoms with van der Waals surface area (Å²) in [5.74, 6) is -3.18. The maximum Gasteiger partial charge on any atom is 0.328 e. The Bertz CT molecular complexity index is 612. The highest BCUT2D eigenvalue weighted by Crippen LogP contribution is 2.20. The van der Waals surface area contributed by atoms with E-state index in [2.05, 4.69) is 10.6 Å². The molecule has 0 radical (unpaired) electrons. The smallest absolute Gasteiger partial charge is 0.328 e. The topological polar surface area (TPSA) is 162 Å². The number of carbonyl (C=O) groups excluding carboxylic acids is 3. The number of hydrogen-bond acceptors (Lipinski definition) is 6. The van der Waals surface area contributed by atoms with Gasteiger partial charge in [0.2, 0.25) is 17.7 Å². The molecule has 1 saturated heterocycles. The Balaban J connectivity index is 2.93. The minimum absolute atomic E-state index is 0.0723. The molecule has 1 aliphatic rings. The molecule has 10 heteroatoms. The standard InChI is InChI=1S/C19H34N4O6/c1-5-11(4)15(17(26)21-12(9-24)19(28)29)22-16(25)13-7-6-8-23(13)18(27)14(20)10(2)3/h10-15,24H,5-9,20H2,1-4H3,(H,21,26)(H,22,25)(H,28,29)/t11-,12-,13-,14-,15-/m0/s1. The van der Waals surface area contributed by atoms with Crippen LogP contribution < -0.4 is 16.4 Å². The van der Waals surface area contributed by atoms with Crippen molar-refractivity contribution in [3.8, 4) is 0 Å². The molecule has 166 valence electrons. The number of carbonyl (C=O) groups is 4. The van der Waals surface area contributed by atoms with Crippen LogP contribution in [0.1, 0.15) is 47.0 Å². The summed E-state index contributed by atoms with van der Waals surface area (Å²) in [4.78, 5) is 50.6. The van der Waals surface area contributed by atoms with Crippen LogP contribution in [0.25, 0.3) is 0 Å². The van der Waals surface area contributed by atoms with Crippen molar-refractivity contribution in [1.82, 2.24) is 15.5 Å². The highest BCUT2D eigenvalue weighted by Gasteiger charge is 2.39. The van der Waals surface area contributed by atoms with Gasteiger partial charge < -0.3 is 31.5 Å². The van der Waals surface area contributed by atoms with Crippen molar-refractivity contribution in [2.75, 3.05) is 13.2 Å². The summed E-state index contributed by atoms with van der Waals surface area (Å²) < 4.78 is 0. The summed E-state index contributed by atoms with van der Waals surface area (Å²) in [5, 5.41) is 23.1. The molecule has 0 aromatic heterocycles. The second-order valence-corrected chi connectivity index (χ2v) is 7.91. The SMILES string of the molecule is CC[C@H](C)[C@H](NC(=O)[C@@H]1CCCN1C(=O)[C@@H](N)C(C)C)C(=O)N[C@@H](CO)C(=O)O. The Morgan fingerprint density at radius 3 is 2.28 bits per heavy atom. The molecule has 10 nitrogen and oxygen atoms in total. The highest BCUT2D eigenvalue weighted by atomic mass is 16.4. The largest absolute Gasteiger partial charge is 0.480 e. The molecule has 29 heavy (non-hydrogen) atoms. The Hall–Kier alpha value is -2.20. The molecule has 0 aromatic rings. The lowest BCUT2D eigenvalue weighted by atomic mass is 9.97. The van der Waals surface area contributed by atoms with Gasteiger partial charge >= 0.3 is 5.97 Å². The lowest BCUT2D eigenvalue weighted by molar-refractivity contribution is -0.144. The fourth-order valence-electron chi connectivity index (χ4n) is 3.18. The van der Waals surface area contributed by atoms with Crippen LogP contribution in [0.4, 0.5) is 0 Å². The molecular weight excluding hydrogens is 380 g/mol. The second-order valence-electron chi connectivity index (χ2n) is 7.91. The molecule has 0 spiro atoms. The predicted molar refractivity (Wildman–Crippen MR) is 106 cm³/mol. The van der Waals surface area contributed by atoms with Crippen LogP contribution in [0.2, 0.25) is 0 Å². The van der Waals surface area contributed by atoms with Gasteiger partial charge in [0.1, 0.15) is 18.1 Å². The summed E-state index contributed by atoms with van der Waals surface area (Å²) in [6, 6.07) is -3.88. The Labute approximate surface area is 171 Å². The van der Waals surface area contributed by atoms with Gasteiger partial charge in [-0.1, -0.05) is 34.1 Å². The van der Waals surface area contributed by atoms with Gasteiger partial charge in [-0.25, -0.2) is 4.79 Å². The Kier molecular flexibility index (Phi) is 9.51. The van der Waals surface area contributed by atoms with E-state index in [0.29, 0.717) is 25.8 Å². The number of hydrogen-bond donors (Lipinski definition) is 5. The van der Waals surface area contributed by atoms with Gasteiger partial charge in [0.15, 0.2) is 0 Å². The number of nitrogens with one attached hydrogen (secondary N) is 2. The van der Waals surface area contributed by atoms with Crippen molar-refractivity contribution in [3.63, 3.8) is 0 Å². The van der Waals surface area contributed by atoms with Crippen molar-refractivity contribution < 1.29 is 29.4 Å². The Morgan fingerprint density at radius 2 is 1.79 bits per heavy atom. The first-order valence-electron chi connectivity index (χ1n) is 10.1. The van der Waals surface area contributed by atoms with E-state index in [4.69, 9.17) is 15.9 Å². The first kappa shape index (κ1) is 24.8. The third-order valence-corrected chi connectivity index (χ3v) is 5.43. The number of nitrogens with zero attached hydrogens (tertiary/aromatic N) is 1. The van der Waals surface area contributed by atoms with Crippen molar-refractivity contribution in [2.24, 2.45) is 17.6 Å². The van der Waals surface area contributed by atoms with Crippen LogP contribution in [0, 0.1) is 11.8 Å².